The lowest BCUT2D eigenvalue weighted by Crippen LogP contribution is -1.84. The number of phenolic OH excluding ortho intramolecular Hbond substituents is 1. The first-order chi connectivity index (χ1) is 8.25. The van der Waals surface area contributed by atoms with E-state index in [1.807, 2.05) is 0 Å². The van der Waals surface area contributed by atoms with Crippen LogP contribution >= 0.6 is 0 Å². The second kappa shape index (κ2) is 3.59. The molecule has 2 aromatic carbocycles. The third-order valence-corrected chi connectivity index (χ3v) is 2.68. The fourth-order valence-electron chi connectivity index (χ4n) is 1.87. The molecule has 2 N–H and O–H groups in total. The number of aromatic nitrogens is 2. The number of phenols is 1. The number of fused-ring (bicyclic) bond motifs is 1. The minimum Gasteiger partial charge on any atom is -0.508 e. The van der Waals surface area contributed by atoms with Crippen molar-refractivity contribution in [3.63, 3.8) is 0 Å². The highest BCUT2D eigenvalue weighted by Gasteiger charge is 2.11. The number of benzene rings is 2. The molecule has 1 heterocycles. The Morgan fingerprint density at radius 1 is 1.12 bits per heavy atom. The van der Waals surface area contributed by atoms with Crippen molar-refractivity contribution in [3.05, 3.63) is 48.3 Å². The van der Waals surface area contributed by atoms with Crippen molar-refractivity contribution in [2.75, 3.05) is 0 Å². The first kappa shape index (κ1) is 9.84. The van der Waals surface area contributed by atoms with Crippen LogP contribution in [0.4, 0.5) is 4.39 Å². The van der Waals surface area contributed by atoms with Crippen molar-refractivity contribution in [3.8, 4) is 17.0 Å². The molecule has 3 aromatic rings. The van der Waals surface area contributed by atoms with Crippen LogP contribution in [0.15, 0.2) is 42.5 Å². The van der Waals surface area contributed by atoms with Crippen LogP contribution < -0.4 is 0 Å². The summed E-state index contributed by atoms with van der Waals surface area (Å²) in [4.78, 5) is 0. The van der Waals surface area contributed by atoms with Crippen molar-refractivity contribution in [2.45, 2.75) is 0 Å². The van der Waals surface area contributed by atoms with Crippen molar-refractivity contribution >= 4 is 10.9 Å². The van der Waals surface area contributed by atoms with Gasteiger partial charge in [-0.05, 0) is 24.3 Å². The number of rotatable bonds is 1. The molecule has 0 aliphatic rings. The van der Waals surface area contributed by atoms with Gasteiger partial charge < -0.3 is 5.11 Å². The van der Waals surface area contributed by atoms with Crippen LogP contribution in [0.2, 0.25) is 0 Å². The molecule has 0 saturated heterocycles. The van der Waals surface area contributed by atoms with Gasteiger partial charge >= 0.3 is 0 Å². The Morgan fingerprint density at radius 2 is 1.94 bits per heavy atom. The molecule has 0 saturated carbocycles. The Balaban J connectivity index is 2.29. The summed E-state index contributed by atoms with van der Waals surface area (Å²) in [5, 5.41) is 17.0. The van der Waals surface area contributed by atoms with E-state index in [-0.39, 0.29) is 11.6 Å². The van der Waals surface area contributed by atoms with Crippen LogP contribution in [0.1, 0.15) is 0 Å². The summed E-state index contributed by atoms with van der Waals surface area (Å²) in [7, 11) is 0. The summed E-state index contributed by atoms with van der Waals surface area (Å²) in [6.07, 6.45) is 0. The standard InChI is InChI=1S/C13H9FN2O/c14-11-4-2-1-3-9(11)13-10-6-5-8(17)7-12(10)15-16-13/h1-7,17H,(H,15,16). The van der Waals surface area contributed by atoms with Crippen LogP contribution in [0.5, 0.6) is 5.75 Å². The predicted molar refractivity (Wildman–Crippen MR) is 63.2 cm³/mol. The molecule has 3 nitrogen and oxygen atoms in total. The van der Waals surface area contributed by atoms with E-state index in [1.165, 1.54) is 6.07 Å². The fourth-order valence-corrected chi connectivity index (χ4v) is 1.87. The average molecular weight is 228 g/mol. The molecular formula is C13H9FN2O. The van der Waals surface area contributed by atoms with E-state index in [0.29, 0.717) is 16.8 Å². The molecule has 0 amide bonds. The van der Waals surface area contributed by atoms with Gasteiger partial charge in [-0.2, -0.15) is 5.10 Å². The van der Waals surface area contributed by atoms with Crippen molar-refractivity contribution in [2.24, 2.45) is 0 Å². The molecule has 0 radical (unpaired) electrons. The van der Waals surface area contributed by atoms with Crippen LogP contribution in [-0.4, -0.2) is 15.3 Å². The minimum atomic E-state index is -0.311. The van der Waals surface area contributed by atoms with Crippen molar-refractivity contribution in [1.82, 2.24) is 10.2 Å². The van der Waals surface area contributed by atoms with Crippen LogP contribution in [-0.2, 0) is 0 Å². The third kappa shape index (κ3) is 1.54. The van der Waals surface area contributed by atoms with Gasteiger partial charge in [0, 0.05) is 17.0 Å². The Labute approximate surface area is 96.5 Å². The zero-order chi connectivity index (χ0) is 11.8. The van der Waals surface area contributed by atoms with E-state index in [2.05, 4.69) is 10.2 Å². The smallest absolute Gasteiger partial charge is 0.132 e. The minimum absolute atomic E-state index is 0.154. The Hall–Kier alpha value is -2.36. The number of hydrogen-bond acceptors (Lipinski definition) is 2. The van der Waals surface area contributed by atoms with Gasteiger partial charge in [0.2, 0.25) is 0 Å². The Kier molecular flexibility index (Phi) is 2.08. The van der Waals surface area contributed by atoms with E-state index in [9.17, 15) is 9.50 Å². The number of nitrogens with one attached hydrogen (secondary N) is 1. The van der Waals surface area contributed by atoms with Gasteiger partial charge in [-0.15, -0.1) is 0 Å². The van der Waals surface area contributed by atoms with Gasteiger partial charge in [-0.1, -0.05) is 12.1 Å². The van der Waals surface area contributed by atoms with Crippen molar-refractivity contribution < 1.29 is 9.50 Å². The molecule has 0 spiro atoms. The first-order valence-corrected chi connectivity index (χ1v) is 5.18. The van der Waals surface area contributed by atoms with Gasteiger partial charge in [0.05, 0.1) is 5.52 Å². The highest BCUT2D eigenvalue weighted by atomic mass is 19.1. The van der Waals surface area contributed by atoms with Gasteiger partial charge in [0.15, 0.2) is 0 Å². The number of halogens is 1. The van der Waals surface area contributed by atoms with Crippen LogP contribution in [0, 0.1) is 5.82 Å². The molecule has 4 heteroatoms. The number of hydrogen-bond donors (Lipinski definition) is 2. The highest BCUT2D eigenvalue weighted by molar-refractivity contribution is 5.93. The second-order valence-corrected chi connectivity index (χ2v) is 3.78. The molecule has 0 aliphatic heterocycles. The summed E-state index contributed by atoms with van der Waals surface area (Å²) in [5.74, 6) is -0.157. The molecule has 0 atom stereocenters. The zero-order valence-corrected chi connectivity index (χ0v) is 8.81. The third-order valence-electron chi connectivity index (χ3n) is 2.68. The summed E-state index contributed by atoms with van der Waals surface area (Å²) < 4.78 is 13.7. The lowest BCUT2D eigenvalue weighted by molar-refractivity contribution is 0.476. The van der Waals surface area contributed by atoms with E-state index in [4.69, 9.17) is 0 Å². The number of H-pyrrole nitrogens is 1. The summed E-state index contributed by atoms with van der Waals surface area (Å²) in [6, 6.07) is 11.3. The number of nitrogens with zero attached hydrogens (tertiary/aromatic N) is 1. The molecule has 0 fully saturated rings. The Morgan fingerprint density at radius 3 is 2.76 bits per heavy atom. The molecule has 84 valence electrons. The lowest BCUT2D eigenvalue weighted by Gasteiger charge is -1.99. The average Bonchev–Trinajstić information content (AvgIpc) is 2.72. The molecule has 0 aliphatic carbocycles. The van der Waals surface area contributed by atoms with E-state index < -0.39 is 0 Å². The largest absolute Gasteiger partial charge is 0.508 e. The maximum absolute atomic E-state index is 13.7. The highest BCUT2D eigenvalue weighted by Crippen LogP contribution is 2.29. The first-order valence-electron chi connectivity index (χ1n) is 5.18. The van der Waals surface area contributed by atoms with Gasteiger partial charge in [0.1, 0.15) is 17.3 Å². The second-order valence-electron chi connectivity index (χ2n) is 3.78. The lowest BCUT2D eigenvalue weighted by atomic mass is 10.1. The predicted octanol–water partition coefficient (Wildman–Crippen LogP) is 3.07. The maximum atomic E-state index is 13.7. The SMILES string of the molecule is Oc1ccc2c(-c3ccccc3F)n[nH]c2c1. The molecule has 0 bridgehead atoms. The molecular weight excluding hydrogens is 219 g/mol. The molecule has 3 rings (SSSR count). The van der Waals surface area contributed by atoms with Gasteiger partial charge in [-0.3, -0.25) is 5.10 Å². The van der Waals surface area contributed by atoms with Gasteiger partial charge in [-0.25, -0.2) is 4.39 Å². The monoisotopic (exact) mass is 228 g/mol. The number of aromatic hydroxyl groups is 1. The van der Waals surface area contributed by atoms with Gasteiger partial charge in [0.25, 0.3) is 0 Å². The van der Waals surface area contributed by atoms with Crippen LogP contribution in [0.3, 0.4) is 0 Å². The number of aromatic amines is 1. The zero-order valence-electron chi connectivity index (χ0n) is 8.81. The molecule has 0 unspecified atom stereocenters. The van der Waals surface area contributed by atoms with E-state index in [0.717, 1.165) is 5.39 Å². The van der Waals surface area contributed by atoms with Crippen LogP contribution in [0.25, 0.3) is 22.2 Å². The summed E-state index contributed by atoms with van der Waals surface area (Å²) in [6.45, 7) is 0. The maximum Gasteiger partial charge on any atom is 0.132 e. The Bertz CT molecular complexity index is 691. The van der Waals surface area contributed by atoms with Crippen molar-refractivity contribution in [1.29, 1.82) is 0 Å². The topological polar surface area (TPSA) is 48.9 Å². The van der Waals surface area contributed by atoms with E-state index >= 15 is 0 Å². The summed E-state index contributed by atoms with van der Waals surface area (Å²) in [5.41, 5.74) is 1.69. The quantitative estimate of drug-likeness (QED) is 0.672. The molecule has 17 heavy (non-hydrogen) atoms. The normalized spacial score (nSPS) is 10.9. The summed E-state index contributed by atoms with van der Waals surface area (Å²) >= 11 is 0. The molecule has 1 aromatic heterocycles. The fraction of sp³-hybridized carbons (Fsp3) is 0. The van der Waals surface area contributed by atoms with E-state index in [1.54, 1.807) is 36.4 Å².